The monoisotopic (exact) mass is 389 g/mol. The van der Waals surface area contributed by atoms with Gasteiger partial charge in [-0.2, -0.15) is 0 Å². The van der Waals surface area contributed by atoms with Gasteiger partial charge in [0.25, 0.3) is 5.91 Å². The molecule has 1 aromatic heterocycles. The van der Waals surface area contributed by atoms with Gasteiger partial charge in [-0.05, 0) is 59.6 Å². The van der Waals surface area contributed by atoms with Crippen molar-refractivity contribution in [3.05, 3.63) is 56.4 Å². The molecule has 0 bridgehead atoms. The number of nitrogens with zero attached hydrogens (tertiary/aromatic N) is 1. The zero-order valence-electron chi connectivity index (χ0n) is 11.6. The number of benzene rings is 1. The summed E-state index contributed by atoms with van der Waals surface area (Å²) < 4.78 is 5.87. The summed E-state index contributed by atoms with van der Waals surface area (Å²) in [6.45, 7) is 4.34. The summed E-state index contributed by atoms with van der Waals surface area (Å²) in [5.74, 6) is 0.136. The van der Waals surface area contributed by atoms with Crippen LogP contribution in [-0.4, -0.2) is 16.8 Å². The van der Waals surface area contributed by atoms with Gasteiger partial charge in [0.1, 0.15) is 0 Å². The Morgan fingerprint density at radius 2 is 1.95 bits per heavy atom. The van der Waals surface area contributed by atoms with Crippen molar-refractivity contribution in [2.75, 3.05) is 0 Å². The molecular weight excluding hydrogens is 377 g/mol. The normalized spacial score (nSPS) is 11.0. The Balaban J connectivity index is 2.23. The van der Waals surface area contributed by atoms with Crippen molar-refractivity contribution in [2.24, 2.45) is 0 Å². The quantitative estimate of drug-likeness (QED) is 0.700. The lowest BCUT2D eigenvalue weighted by molar-refractivity contribution is 0.0656. The van der Waals surface area contributed by atoms with E-state index < -0.39 is 0 Å². The molecule has 0 radical (unpaired) electrons. The Morgan fingerprint density at radius 1 is 1.24 bits per heavy atom. The first-order valence-corrected chi connectivity index (χ1v) is 7.93. The lowest BCUT2D eigenvalue weighted by atomic mass is 10.1. The molecule has 0 fully saturated rings. The van der Waals surface area contributed by atoms with Gasteiger partial charge in [-0.25, -0.2) is 0 Å². The average molecular weight is 391 g/mol. The van der Waals surface area contributed by atoms with Crippen LogP contribution in [0.25, 0.3) is 0 Å². The molecule has 0 aliphatic carbocycles. The molecule has 1 amide bonds. The zero-order chi connectivity index (χ0) is 15.6. The van der Waals surface area contributed by atoms with E-state index in [1.807, 2.05) is 19.9 Å². The SMILES string of the molecule is CC(C)N(Cc1ccc(Cl)c(Cl)c1)C(=O)c1ccc(Br)o1. The Morgan fingerprint density at radius 3 is 2.48 bits per heavy atom. The first kappa shape index (κ1) is 16.4. The molecule has 0 unspecified atom stereocenters. The highest BCUT2D eigenvalue weighted by atomic mass is 79.9. The van der Waals surface area contributed by atoms with Crippen LogP contribution >= 0.6 is 39.1 Å². The molecular formula is C15H14BrCl2NO2. The van der Waals surface area contributed by atoms with E-state index >= 15 is 0 Å². The Kier molecular flexibility index (Phi) is 5.36. The van der Waals surface area contributed by atoms with E-state index in [9.17, 15) is 4.79 Å². The number of carbonyl (C=O) groups is 1. The second kappa shape index (κ2) is 6.86. The molecule has 0 aliphatic heterocycles. The lowest BCUT2D eigenvalue weighted by Crippen LogP contribution is -2.36. The smallest absolute Gasteiger partial charge is 0.290 e. The molecule has 0 atom stereocenters. The van der Waals surface area contributed by atoms with E-state index in [-0.39, 0.29) is 11.9 Å². The highest BCUT2D eigenvalue weighted by Crippen LogP contribution is 2.24. The molecule has 6 heteroatoms. The number of hydrogen-bond acceptors (Lipinski definition) is 2. The van der Waals surface area contributed by atoms with Crippen molar-refractivity contribution in [3.8, 4) is 0 Å². The van der Waals surface area contributed by atoms with E-state index in [1.165, 1.54) is 0 Å². The number of amides is 1. The fourth-order valence-corrected chi connectivity index (χ4v) is 2.52. The minimum absolute atomic E-state index is 0.0239. The maximum absolute atomic E-state index is 12.5. The van der Waals surface area contributed by atoms with Crippen molar-refractivity contribution in [1.82, 2.24) is 4.90 Å². The predicted molar refractivity (Wildman–Crippen MR) is 87.9 cm³/mol. The Labute approximate surface area is 142 Å². The third kappa shape index (κ3) is 4.02. The second-order valence-electron chi connectivity index (χ2n) is 4.88. The number of halogens is 3. The maximum Gasteiger partial charge on any atom is 0.290 e. The van der Waals surface area contributed by atoms with Crippen LogP contribution in [-0.2, 0) is 6.54 Å². The zero-order valence-corrected chi connectivity index (χ0v) is 14.7. The minimum atomic E-state index is -0.165. The van der Waals surface area contributed by atoms with Gasteiger partial charge >= 0.3 is 0 Å². The standard InChI is InChI=1S/C15H14BrCl2NO2/c1-9(2)19(15(20)13-5-6-14(16)21-13)8-10-3-4-11(17)12(18)7-10/h3-7,9H,8H2,1-2H3. The fourth-order valence-electron chi connectivity index (χ4n) is 1.89. The third-order valence-electron chi connectivity index (χ3n) is 3.01. The summed E-state index contributed by atoms with van der Waals surface area (Å²) in [5, 5.41) is 0.976. The predicted octanol–water partition coefficient (Wildman–Crippen LogP) is 5.40. The van der Waals surface area contributed by atoms with Crippen LogP contribution in [0, 0.1) is 0 Å². The van der Waals surface area contributed by atoms with Crippen LogP contribution in [0.4, 0.5) is 0 Å². The van der Waals surface area contributed by atoms with Gasteiger partial charge in [-0.3, -0.25) is 4.79 Å². The summed E-state index contributed by atoms with van der Waals surface area (Å²) in [7, 11) is 0. The Bertz CT molecular complexity index is 655. The van der Waals surface area contributed by atoms with Crippen LogP contribution in [0.15, 0.2) is 39.4 Å². The highest BCUT2D eigenvalue weighted by molar-refractivity contribution is 9.10. The summed E-state index contributed by atoms with van der Waals surface area (Å²) in [5.41, 5.74) is 0.914. The first-order valence-electron chi connectivity index (χ1n) is 6.38. The van der Waals surface area contributed by atoms with Gasteiger partial charge in [-0.15, -0.1) is 0 Å². The topological polar surface area (TPSA) is 33.5 Å². The molecule has 21 heavy (non-hydrogen) atoms. The van der Waals surface area contributed by atoms with E-state index in [0.717, 1.165) is 5.56 Å². The van der Waals surface area contributed by atoms with Crippen molar-refractivity contribution < 1.29 is 9.21 Å². The van der Waals surface area contributed by atoms with Crippen molar-refractivity contribution >= 4 is 45.0 Å². The van der Waals surface area contributed by atoms with Crippen molar-refractivity contribution in [1.29, 1.82) is 0 Å². The summed E-state index contributed by atoms with van der Waals surface area (Å²) in [4.78, 5) is 14.2. The van der Waals surface area contributed by atoms with E-state index in [2.05, 4.69) is 15.9 Å². The molecule has 0 N–H and O–H groups in total. The van der Waals surface area contributed by atoms with Gasteiger partial charge in [0.05, 0.1) is 10.0 Å². The van der Waals surface area contributed by atoms with Gasteiger partial charge in [0, 0.05) is 12.6 Å². The molecule has 2 rings (SSSR count). The van der Waals surface area contributed by atoms with Gasteiger partial charge in [-0.1, -0.05) is 29.3 Å². The van der Waals surface area contributed by atoms with Gasteiger partial charge in [0.15, 0.2) is 10.4 Å². The number of rotatable bonds is 4. The van der Waals surface area contributed by atoms with Gasteiger partial charge < -0.3 is 9.32 Å². The van der Waals surface area contributed by atoms with Crippen LogP contribution in [0.3, 0.4) is 0 Å². The van der Waals surface area contributed by atoms with Crippen LogP contribution in [0.2, 0.25) is 10.0 Å². The maximum atomic E-state index is 12.5. The van der Waals surface area contributed by atoms with Crippen molar-refractivity contribution in [3.63, 3.8) is 0 Å². The molecule has 112 valence electrons. The van der Waals surface area contributed by atoms with Gasteiger partial charge in [0.2, 0.25) is 0 Å². The molecule has 0 spiro atoms. The summed E-state index contributed by atoms with van der Waals surface area (Å²) >= 11 is 15.1. The van der Waals surface area contributed by atoms with E-state index in [1.54, 1.807) is 29.2 Å². The average Bonchev–Trinajstić information content (AvgIpc) is 2.85. The number of hydrogen-bond donors (Lipinski definition) is 0. The molecule has 3 nitrogen and oxygen atoms in total. The molecule has 0 saturated carbocycles. The van der Waals surface area contributed by atoms with Crippen LogP contribution in [0.1, 0.15) is 30.0 Å². The van der Waals surface area contributed by atoms with E-state index in [4.69, 9.17) is 27.6 Å². The summed E-state index contributed by atoms with van der Waals surface area (Å²) in [6, 6.07) is 8.73. The lowest BCUT2D eigenvalue weighted by Gasteiger charge is -2.26. The van der Waals surface area contributed by atoms with Crippen LogP contribution in [0.5, 0.6) is 0 Å². The second-order valence-corrected chi connectivity index (χ2v) is 6.47. The largest absolute Gasteiger partial charge is 0.444 e. The number of carbonyl (C=O) groups excluding carboxylic acids is 1. The molecule has 0 saturated heterocycles. The van der Waals surface area contributed by atoms with Crippen molar-refractivity contribution in [2.45, 2.75) is 26.4 Å². The first-order chi connectivity index (χ1) is 9.88. The molecule has 1 heterocycles. The number of furan rings is 1. The molecule has 0 aliphatic rings. The minimum Gasteiger partial charge on any atom is -0.444 e. The summed E-state index contributed by atoms with van der Waals surface area (Å²) in [6.07, 6.45) is 0. The fraction of sp³-hybridized carbons (Fsp3) is 0.267. The highest BCUT2D eigenvalue weighted by Gasteiger charge is 2.22. The Hall–Kier alpha value is -0.970. The molecule has 1 aromatic carbocycles. The van der Waals surface area contributed by atoms with Crippen LogP contribution < -0.4 is 0 Å². The third-order valence-corrected chi connectivity index (χ3v) is 4.17. The molecule has 2 aromatic rings. The van der Waals surface area contributed by atoms with E-state index in [0.29, 0.717) is 27.0 Å².